The SMILES string of the molecule is CCSC(=NC)SC1(SCC)C=CC1. The summed E-state index contributed by atoms with van der Waals surface area (Å²) in [6.45, 7) is 4.39. The van der Waals surface area contributed by atoms with Crippen molar-refractivity contribution in [3.63, 3.8) is 0 Å². The molecule has 1 atom stereocenters. The zero-order valence-corrected chi connectivity index (χ0v) is 11.4. The summed E-state index contributed by atoms with van der Waals surface area (Å²) in [5, 5.41) is 0. The molecule has 1 aliphatic rings. The normalized spacial score (nSPS) is 26.4. The predicted molar refractivity (Wildman–Crippen MR) is 73.7 cm³/mol. The molecular formula is C10H17NS3. The molecule has 0 saturated heterocycles. The summed E-state index contributed by atoms with van der Waals surface area (Å²) in [6.07, 6.45) is 5.74. The molecule has 0 heterocycles. The van der Waals surface area contributed by atoms with Crippen molar-refractivity contribution in [1.29, 1.82) is 0 Å². The Kier molecular flexibility index (Phi) is 5.49. The van der Waals surface area contributed by atoms with E-state index in [1.54, 1.807) is 0 Å². The van der Waals surface area contributed by atoms with E-state index in [0.29, 0.717) is 4.08 Å². The number of allylic oxidation sites excluding steroid dienone is 1. The topological polar surface area (TPSA) is 12.4 Å². The van der Waals surface area contributed by atoms with Crippen LogP contribution in [0.1, 0.15) is 20.3 Å². The summed E-state index contributed by atoms with van der Waals surface area (Å²) in [5.41, 5.74) is 0. The van der Waals surface area contributed by atoms with Crippen molar-refractivity contribution in [3.05, 3.63) is 12.2 Å². The third kappa shape index (κ3) is 3.24. The maximum Gasteiger partial charge on any atom is 0.125 e. The van der Waals surface area contributed by atoms with Gasteiger partial charge in [0.1, 0.15) is 4.38 Å². The van der Waals surface area contributed by atoms with Crippen LogP contribution in [0.15, 0.2) is 17.1 Å². The first-order chi connectivity index (χ1) is 6.76. The van der Waals surface area contributed by atoms with E-state index in [2.05, 4.69) is 31.0 Å². The van der Waals surface area contributed by atoms with Gasteiger partial charge in [0.05, 0.1) is 4.08 Å². The molecular weight excluding hydrogens is 230 g/mol. The summed E-state index contributed by atoms with van der Waals surface area (Å²) < 4.78 is 1.52. The average molecular weight is 247 g/mol. The maximum absolute atomic E-state index is 4.32. The summed E-state index contributed by atoms with van der Waals surface area (Å²) in [6, 6.07) is 0. The summed E-state index contributed by atoms with van der Waals surface area (Å²) >= 11 is 5.78. The molecule has 14 heavy (non-hydrogen) atoms. The van der Waals surface area contributed by atoms with Gasteiger partial charge in [-0.15, -0.1) is 23.5 Å². The fraction of sp³-hybridized carbons (Fsp3) is 0.700. The Bertz CT molecular complexity index is 238. The van der Waals surface area contributed by atoms with Gasteiger partial charge >= 0.3 is 0 Å². The van der Waals surface area contributed by atoms with Gasteiger partial charge in [-0.1, -0.05) is 37.8 Å². The van der Waals surface area contributed by atoms with E-state index in [-0.39, 0.29) is 0 Å². The molecule has 0 aromatic rings. The van der Waals surface area contributed by atoms with E-state index in [0.717, 1.165) is 5.75 Å². The Morgan fingerprint density at radius 2 is 2.14 bits per heavy atom. The Balaban J connectivity index is 2.51. The van der Waals surface area contributed by atoms with Gasteiger partial charge in [-0.2, -0.15) is 0 Å². The largest absolute Gasteiger partial charge is 0.275 e. The van der Waals surface area contributed by atoms with E-state index in [1.807, 2.05) is 42.3 Å². The molecule has 1 unspecified atom stereocenters. The van der Waals surface area contributed by atoms with Crippen LogP contribution in [0.2, 0.25) is 0 Å². The van der Waals surface area contributed by atoms with Crippen LogP contribution in [-0.4, -0.2) is 27.0 Å². The number of nitrogens with zero attached hydrogens (tertiary/aromatic N) is 1. The van der Waals surface area contributed by atoms with Crippen molar-refractivity contribution in [2.75, 3.05) is 18.6 Å². The van der Waals surface area contributed by atoms with Gasteiger partial charge < -0.3 is 0 Å². The first kappa shape index (κ1) is 12.5. The van der Waals surface area contributed by atoms with Crippen LogP contribution in [0, 0.1) is 0 Å². The Morgan fingerprint density at radius 1 is 1.43 bits per heavy atom. The lowest BCUT2D eigenvalue weighted by Gasteiger charge is -2.34. The number of hydrogen-bond acceptors (Lipinski definition) is 4. The van der Waals surface area contributed by atoms with Crippen LogP contribution in [0.4, 0.5) is 0 Å². The highest BCUT2D eigenvalue weighted by molar-refractivity contribution is 8.42. The summed E-state index contributed by atoms with van der Waals surface area (Å²) in [4.78, 5) is 4.32. The smallest absolute Gasteiger partial charge is 0.125 e. The molecule has 0 radical (unpaired) electrons. The second-order valence-corrected chi connectivity index (χ2v) is 7.56. The molecule has 1 nitrogen and oxygen atoms in total. The predicted octanol–water partition coefficient (Wildman–Crippen LogP) is 3.87. The van der Waals surface area contributed by atoms with Gasteiger partial charge in [0.15, 0.2) is 0 Å². The minimum absolute atomic E-state index is 0.297. The number of hydrogen-bond donors (Lipinski definition) is 0. The maximum atomic E-state index is 4.32. The number of rotatable bonds is 4. The van der Waals surface area contributed by atoms with Gasteiger partial charge in [-0.05, 0) is 17.9 Å². The molecule has 0 aromatic heterocycles. The van der Waals surface area contributed by atoms with Crippen LogP contribution in [0.3, 0.4) is 0 Å². The van der Waals surface area contributed by atoms with Crippen molar-refractivity contribution in [1.82, 2.24) is 0 Å². The van der Waals surface area contributed by atoms with Crippen LogP contribution in [-0.2, 0) is 0 Å². The Morgan fingerprint density at radius 3 is 2.50 bits per heavy atom. The highest BCUT2D eigenvalue weighted by Gasteiger charge is 2.33. The first-order valence-electron chi connectivity index (χ1n) is 4.86. The van der Waals surface area contributed by atoms with Gasteiger partial charge in [-0.25, -0.2) is 0 Å². The van der Waals surface area contributed by atoms with Crippen molar-refractivity contribution in [2.45, 2.75) is 24.3 Å². The highest BCUT2D eigenvalue weighted by atomic mass is 32.2. The quantitative estimate of drug-likeness (QED) is 0.324. The average Bonchev–Trinajstić information content (AvgIpc) is 2.13. The third-order valence-corrected chi connectivity index (χ3v) is 5.88. The van der Waals surface area contributed by atoms with Gasteiger partial charge in [0, 0.05) is 7.05 Å². The van der Waals surface area contributed by atoms with Crippen molar-refractivity contribution >= 4 is 39.7 Å². The Hall–Kier alpha value is 0.460. The van der Waals surface area contributed by atoms with E-state index in [9.17, 15) is 0 Å². The minimum Gasteiger partial charge on any atom is -0.275 e. The molecule has 0 saturated carbocycles. The standard InChI is InChI=1S/C10H17NS3/c1-4-12-9(11-3)14-10(13-5-2)7-6-8-10/h6-7H,4-5,8H2,1-3H3. The third-order valence-electron chi connectivity index (χ3n) is 1.87. The molecule has 0 aromatic carbocycles. The van der Waals surface area contributed by atoms with Crippen LogP contribution in [0.25, 0.3) is 0 Å². The molecule has 0 amide bonds. The lowest BCUT2D eigenvalue weighted by atomic mass is 10.1. The van der Waals surface area contributed by atoms with Gasteiger partial charge in [0.25, 0.3) is 0 Å². The molecule has 80 valence electrons. The number of aliphatic imine (C=N–C) groups is 1. The lowest BCUT2D eigenvalue weighted by Crippen LogP contribution is -2.24. The van der Waals surface area contributed by atoms with E-state index in [4.69, 9.17) is 0 Å². The monoisotopic (exact) mass is 247 g/mol. The van der Waals surface area contributed by atoms with Crippen LogP contribution < -0.4 is 0 Å². The lowest BCUT2D eigenvalue weighted by molar-refractivity contribution is 0.922. The van der Waals surface area contributed by atoms with Gasteiger partial charge in [0.2, 0.25) is 0 Å². The second-order valence-electron chi connectivity index (χ2n) is 2.88. The molecule has 0 aliphatic heterocycles. The second kappa shape index (κ2) is 6.13. The zero-order valence-electron chi connectivity index (χ0n) is 8.95. The summed E-state index contributed by atoms with van der Waals surface area (Å²) in [5.74, 6) is 2.28. The van der Waals surface area contributed by atoms with Crippen molar-refractivity contribution in [3.8, 4) is 0 Å². The molecule has 4 heteroatoms. The van der Waals surface area contributed by atoms with E-state index >= 15 is 0 Å². The fourth-order valence-corrected chi connectivity index (χ4v) is 5.20. The molecule has 1 aliphatic carbocycles. The molecule has 0 fully saturated rings. The highest BCUT2D eigenvalue weighted by Crippen LogP contribution is 2.49. The van der Waals surface area contributed by atoms with E-state index in [1.165, 1.54) is 16.5 Å². The van der Waals surface area contributed by atoms with E-state index < -0.39 is 0 Å². The molecule has 0 N–H and O–H groups in total. The van der Waals surface area contributed by atoms with Crippen LogP contribution in [0.5, 0.6) is 0 Å². The van der Waals surface area contributed by atoms with Crippen molar-refractivity contribution < 1.29 is 0 Å². The Labute approximate surface area is 99.6 Å². The first-order valence-corrected chi connectivity index (χ1v) is 7.65. The number of thioether (sulfide) groups is 3. The van der Waals surface area contributed by atoms with Gasteiger partial charge in [-0.3, -0.25) is 4.99 Å². The molecule has 0 spiro atoms. The molecule has 1 rings (SSSR count). The molecule has 0 bridgehead atoms. The minimum atomic E-state index is 0.297. The fourth-order valence-electron chi connectivity index (χ4n) is 1.18. The zero-order chi connectivity index (χ0) is 10.4. The van der Waals surface area contributed by atoms with Crippen LogP contribution >= 0.6 is 35.3 Å². The van der Waals surface area contributed by atoms with Crippen molar-refractivity contribution in [2.24, 2.45) is 4.99 Å². The summed E-state index contributed by atoms with van der Waals surface area (Å²) in [7, 11) is 1.89.